The van der Waals surface area contributed by atoms with Gasteiger partial charge in [-0.1, -0.05) is 12.1 Å². The highest BCUT2D eigenvalue weighted by Gasteiger charge is 2.38. The first-order chi connectivity index (χ1) is 12.1. The van der Waals surface area contributed by atoms with Gasteiger partial charge < -0.3 is 14.7 Å². The number of likely N-dealkylation sites (tertiary alicyclic amines) is 1. The molecule has 7 nitrogen and oxygen atoms in total. The van der Waals surface area contributed by atoms with Crippen LogP contribution in [0.2, 0.25) is 0 Å². The number of rotatable bonds is 6. The third-order valence-electron chi connectivity index (χ3n) is 5.63. The highest BCUT2D eigenvalue weighted by atomic mass is 16.5. The lowest BCUT2D eigenvalue weighted by molar-refractivity contribution is -0.135. The van der Waals surface area contributed by atoms with Gasteiger partial charge in [0.05, 0.1) is 5.92 Å². The van der Waals surface area contributed by atoms with Crippen LogP contribution in [0.15, 0.2) is 4.52 Å². The van der Waals surface area contributed by atoms with E-state index in [-0.39, 0.29) is 24.2 Å². The number of nitrogens with zero attached hydrogens (tertiary/aromatic N) is 3. The van der Waals surface area contributed by atoms with Gasteiger partial charge in [0.2, 0.25) is 17.7 Å². The highest BCUT2D eigenvalue weighted by Crippen LogP contribution is 2.45. The zero-order valence-electron chi connectivity index (χ0n) is 14.7. The molecule has 1 saturated heterocycles. The largest absolute Gasteiger partial charge is 0.356 e. The van der Waals surface area contributed by atoms with Gasteiger partial charge in [0.25, 0.3) is 0 Å². The molecule has 3 fully saturated rings. The van der Waals surface area contributed by atoms with Gasteiger partial charge in [-0.3, -0.25) is 9.59 Å². The predicted octanol–water partition coefficient (Wildman–Crippen LogP) is 1.50. The Morgan fingerprint density at radius 3 is 2.84 bits per heavy atom. The van der Waals surface area contributed by atoms with Crippen molar-refractivity contribution in [2.24, 2.45) is 17.8 Å². The summed E-state index contributed by atoms with van der Waals surface area (Å²) in [6, 6.07) is 0. The van der Waals surface area contributed by atoms with Crippen molar-refractivity contribution < 1.29 is 14.1 Å². The topological polar surface area (TPSA) is 88.3 Å². The molecule has 136 valence electrons. The van der Waals surface area contributed by atoms with Crippen LogP contribution in [0.25, 0.3) is 0 Å². The average Bonchev–Trinajstić information content (AvgIpc) is 3.53. The summed E-state index contributed by atoms with van der Waals surface area (Å²) >= 11 is 0. The minimum atomic E-state index is -0.0954. The number of hydrogen-bond acceptors (Lipinski definition) is 5. The molecule has 0 aromatic carbocycles. The molecular formula is C18H26N4O3. The van der Waals surface area contributed by atoms with E-state index in [1.807, 2.05) is 0 Å². The molecular weight excluding hydrogens is 320 g/mol. The first kappa shape index (κ1) is 16.5. The Labute approximate surface area is 147 Å². The van der Waals surface area contributed by atoms with Gasteiger partial charge >= 0.3 is 0 Å². The van der Waals surface area contributed by atoms with Crippen LogP contribution < -0.4 is 5.32 Å². The number of carbonyl (C=O) groups is 2. The summed E-state index contributed by atoms with van der Waals surface area (Å²) in [6.07, 6.45) is 5.39. The summed E-state index contributed by atoms with van der Waals surface area (Å²) in [5, 5.41) is 7.03. The van der Waals surface area contributed by atoms with Gasteiger partial charge in [-0.2, -0.15) is 4.98 Å². The number of nitrogens with one attached hydrogen (secondary N) is 1. The maximum atomic E-state index is 12.5. The zero-order valence-corrected chi connectivity index (χ0v) is 14.7. The molecule has 2 saturated carbocycles. The molecule has 25 heavy (non-hydrogen) atoms. The fourth-order valence-electron chi connectivity index (χ4n) is 3.54. The molecule has 2 heterocycles. The van der Waals surface area contributed by atoms with Crippen LogP contribution in [-0.2, 0) is 16.0 Å². The van der Waals surface area contributed by atoms with Crippen molar-refractivity contribution in [3.05, 3.63) is 11.7 Å². The van der Waals surface area contributed by atoms with Gasteiger partial charge in [0, 0.05) is 25.6 Å². The summed E-state index contributed by atoms with van der Waals surface area (Å²) in [4.78, 5) is 31.0. The molecule has 7 heteroatoms. The second-order valence-corrected chi connectivity index (χ2v) is 7.91. The van der Waals surface area contributed by atoms with Gasteiger partial charge in [-0.25, -0.2) is 0 Å². The second-order valence-electron chi connectivity index (χ2n) is 7.91. The molecule has 0 spiro atoms. The van der Waals surface area contributed by atoms with E-state index < -0.39 is 0 Å². The summed E-state index contributed by atoms with van der Waals surface area (Å²) in [6.45, 7) is 4.14. The summed E-state index contributed by atoms with van der Waals surface area (Å²) in [7, 11) is 0. The Balaban J connectivity index is 1.28. The van der Waals surface area contributed by atoms with E-state index in [2.05, 4.69) is 22.4 Å². The molecule has 2 amide bonds. The van der Waals surface area contributed by atoms with E-state index in [9.17, 15) is 9.59 Å². The van der Waals surface area contributed by atoms with Crippen molar-refractivity contribution in [2.75, 3.05) is 19.6 Å². The highest BCUT2D eigenvalue weighted by molar-refractivity contribution is 5.82. The first-order valence-electron chi connectivity index (χ1n) is 9.48. The Morgan fingerprint density at radius 2 is 2.12 bits per heavy atom. The fraction of sp³-hybridized carbons (Fsp3) is 0.778. The summed E-state index contributed by atoms with van der Waals surface area (Å²) < 4.78 is 5.23. The molecule has 1 N–H and O–H groups in total. The quantitative estimate of drug-likeness (QED) is 0.843. The van der Waals surface area contributed by atoms with Crippen molar-refractivity contribution in [2.45, 2.75) is 51.4 Å². The van der Waals surface area contributed by atoms with E-state index in [0.29, 0.717) is 36.7 Å². The molecule has 4 rings (SSSR count). The summed E-state index contributed by atoms with van der Waals surface area (Å²) in [5.41, 5.74) is 0. The van der Waals surface area contributed by atoms with E-state index >= 15 is 0 Å². The second kappa shape index (κ2) is 6.77. The van der Waals surface area contributed by atoms with Gasteiger partial charge in [-0.15, -0.1) is 0 Å². The number of hydrogen-bond donors (Lipinski definition) is 1. The zero-order chi connectivity index (χ0) is 17.4. The SMILES string of the molecule is CC1CC1c1noc(CC(=O)N2CCCC(C(=O)NCC3CC3)C2)n1. The van der Waals surface area contributed by atoms with Crippen molar-refractivity contribution in [1.29, 1.82) is 0 Å². The molecule has 3 unspecified atom stereocenters. The van der Waals surface area contributed by atoms with E-state index in [0.717, 1.165) is 31.6 Å². The lowest BCUT2D eigenvalue weighted by Gasteiger charge is -2.31. The van der Waals surface area contributed by atoms with Crippen LogP contribution >= 0.6 is 0 Å². The van der Waals surface area contributed by atoms with Gasteiger partial charge in [0.15, 0.2) is 5.82 Å². The van der Waals surface area contributed by atoms with E-state index in [4.69, 9.17) is 4.52 Å². The molecule has 2 aliphatic carbocycles. The lowest BCUT2D eigenvalue weighted by Crippen LogP contribution is -2.46. The average molecular weight is 346 g/mol. The Kier molecular flexibility index (Phi) is 4.48. The molecule has 1 aromatic heterocycles. The van der Waals surface area contributed by atoms with Crippen LogP contribution in [0.3, 0.4) is 0 Å². The van der Waals surface area contributed by atoms with Gasteiger partial charge in [0.1, 0.15) is 6.42 Å². The summed E-state index contributed by atoms with van der Waals surface area (Å²) in [5.74, 6) is 2.75. The van der Waals surface area contributed by atoms with Crippen molar-refractivity contribution in [1.82, 2.24) is 20.4 Å². The molecule has 1 aromatic rings. The standard InChI is InChI=1S/C18H26N4O3/c1-11-7-14(11)17-20-15(25-21-17)8-16(23)22-6-2-3-13(10-22)18(24)19-9-12-4-5-12/h11-14H,2-10H2,1H3,(H,19,24). The lowest BCUT2D eigenvalue weighted by atomic mass is 9.97. The molecule has 3 aliphatic rings. The van der Waals surface area contributed by atoms with Crippen LogP contribution in [-0.4, -0.2) is 46.5 Å². The minimum absolute atomic E-state index is 0.0289. The first-order valence-corrected chi connectivity index (χ1v) is 9.48. The number of piperidine rings is 1. The number of amides is 2. The van der Waals surface area contributed by atoms with Crippen molar-refractivity contribution in [3.63, 3.8) is 0 Å². The Bertz CT molecular complexity index is 655. The van der Waals surface area contributed by atoms with Crippen LogP contribution in [0.4, 0.5) is 0 Å². The molecule has 3 atom stereocenters. The van der Waals surface area contributed by atoms with Crippen LogP contribution in [0.5, 0.6) is 0 Å². The molecule has 0 radical (unpaired) electrons. The van der Waals surface area contributed by atoms with Crippen molar-refractivity contribution >= 4 is 11.8 Å². The normalized spacial score (nSPS) is 28.7. The van der Waals surface area contributed by atoms with E-state index in [1.54, 1.807) is 4.90 Å². The monoisotopic (exact) mass is 346 g/mol. The van der Waals surface area contributed by atoms with Crippen molar-refractivity contribution in [3.8, 4) is 0 Å². The minimum Gasteiger partial charge on any atom is -0.356 e. The molecule has 1 aliphatic heterocycles. The molecule has 0 bridgehead atoms. The number of carbonyl (C=O) groups excluding carboxylic acids is 2. The van der Waals surface area contributed by atoms with Crippen LogP contribution in [0.1, 0.15) is 56.7 Å². The predicted molar refractivity (Wildman–Crippen MR) is 89.6 cm³/mol. The Hall–Kier alpha value is -1.92. The fourth-order valence-corrected chi connectivity index (χ4v) is 3.54. The smallest absolute Gasteiger partial charge is 0.236 e. The third kappa shape index (κ3) is 4.02. The maximum absolute atomic E-state index is 12.5. The maximum Gasteiger partial charge on any atom is 0.236 e. The Morgan fingerprint density at radius 1 is 1.32 bits per heavy atom. The third-order valence-corrected chi connectivity index (χ3v) is 5.63. The van der Waals surface area contributed by atoms with E-state index in [1.165, 1.54) is 12.8 Å². The van der Waals surface area contributed by atoms with Gasteiger partial charge in [-0.05, 0) is 43.9 Å². The van der Waals surface area contributed by atoms with Crippen LogP contribution in [0, 0.1) is 17.8 Å². The number of aromatic nitrogens is 2.